The lowest BCUT2D eigenvalue weighted by Crippen LogP contribution is -2.49. The summed E-state index contributed by atoms with van der Waals surface area (Å²) in [6, 6.07) is -0.171. The zero-order chi connectivity index (χ0) is 15.3. The zero-order valence-electron chi connectivity index (χ0n) is 12.5. The fourth-order valence-electron chi connectivity index (χ4n) is 2.76. The molecule has 0 aromatic carbocycles. The molecule has 2 atom stereocenters. The molecule has 2 saturated heterocycles. The molecule has 2 unspecified atom stereocenters. The number of nitrogens with zero attached hydrogens (tertiary/aromatic N) is 1. The molecule has 0 aromatic heterocycles. The number of carbonyl (C=O) groups is 1. The normalized spacial score (nSPS) is 27.2. The Labute approximate surface area is 126 Å². The molecular formula is C13H25N3O4S. The number of amides is 2. The molecule has 2 heterocycles. The van der Waals surface area contributed by atoms with Gasteiger partial charge < -0.3 is 15.4 Å². The first kappa shape index (κ1) is 16.5. The lowest BCUT2D eigenvalue weighted by molar-refractivity contribution is 0.0349. The predicted octanol–water partition coefficient (Wildman–Crippen LogP) is -0.559. The van der Waals surface area contributed by atoms with E-state index in [2.05, 4.69) is 15.5 Å². The summed E-state index contributed by atoms with van der Waals surface area (Å²) in [6.45, 7) is 6.48. The first-order valence-electron chi connectivity index (χ1n) is 7.49. The molecule has 122 valence electrons. The van der Waals surface area contributed by atoms with Crippen molar-refractivity contribution in [3.63, 3.8) is 0 Å². The first-order chi connectivity index (χ1) is 9.94. The third kappa shape index (κ3) is 5.80. The molecule has 2 rings (SSSR count). The molecule has 7 nitrogen and oxygen atoms in total. The van der Waals surface area contributed by atoms with Crippen LogP contribution in [0.15, 0.2) is 0 Å². The maximum atomic E-state index is 11.8. The van der Waals surface area contributed by atoms with Crippen LogP contribution in [0.3, 0.4) is 0 Å². The number of hydrogen-bond acceptors (Lipinski definition) is 5. The Morgan fingerprint density at radius 3 is 2.71 bits per heavy atom. The van der Waals surface area contributed by atoms with Crippen molar-refractivity contribution in [2.75, 3.05) is 50.9 Å². The molecule has 0 radical (unpaired) electrons. The van der Waals surface area contributed by atoms with Crippen LogP contribution in [-0.2, 0) is 14.6 Å². The Hall–Kier alpha value is -0.860. The van der Waals surface area contributed by atoms with Gasteiger partial charge in [-0.05, 0) is 19.3 Å². The van der Waals surface area contributed by atoms with Crippen molar-refractivity contribution in [2.45, 2.75) is 19.4 Å². The number of sulfone groups is 1. The number of urea groups is 1. The van der Waals surface area contributed by atoms with E-state index in [0.717, 1.165) is 32.8 Å². The minimum absolute atomic E-state index is 0.0512. The summed E-state index contributed by atoms with van der Waals surface area (Å²) in [5.41, 5.74) is 0. The highest BCUT2D eigenvalue weighted by molar-refractivity contribution is 7.91. The van der Waals surface area contributed by atoms with Crippen LogP contribution >= 0.6 is 0 Å². The maximum absolute atomic E-state index is 11.8. The minimum Gasteiger partial charge on any atom is -0.379 e. The molecule has 2 fully saturated rings. The van der Waals surface area contributed by atoms with Gasteiger partial charge in [0.1, 0.15) is 0 Å². The van der Waals surface area contributed by atoms with Gasteiger partial charge in [0.2, 0.25) is 0 Å². The number of morpholine rings is 1. The topological polar surface area (TPSA) is 87.7 Å². The molecule has 2 aliphatic heterocycles. The highest BCUT2D eigenvalue weighted by atomic mass is 32.2. The van der Waals surface area contributed by atoms with Gasteiger partial charge in [0.15, 0.2) is 9.84 Å². The van der Waals surface area contributed by atoms with Crippen LogP contribution in [0, 0.1) is 5.92 Å². The van der Waals surface area contributed by atoms with E-state index in [1.807, 2.05) is 6.92 Å². The Morgan fingerprint density at radius 2 is 2.10 bits per heavy atom. The summed E-state index contributed by atoms with van der Waals surface area (Å²) in [4.78, 5) is 14.1. The van der Waals surface area contributed by atoms with Gasteiger partial charge in [-0.2, -0.15) is 0 Å². The number of rotatable bonds is 5. The van der Waals surface area contributed by atoms with Gasteiger partial charge in [-0.25, -0.2) is 13.2 Å². The number of hydrogen-bond donors (Lipinski definition) is 2. The van der Waals surface area contributed by atoms with Crippen LogP contribution in [0.2, 0.25) is 0 Å². The Morgan fingerprint density at radius 1 is 1.38 bits per heavy atom. The Bertz CT molecular complexity index is 448. The summed E-state index contributed by atoms with van der Waals surface area (Å²) in [5.74, 6) is 0.487. The van der Waals surface area contributed by atoms with Crippen LogP contribution in [-0.4, -0.2) is 76.3 Å². The van der Waals surface area contributed by atoms with Crippen molar-refractivity contribution >= 4 is 15.9 Å². The lowest BCUT2D eigenvalue weighted by atomic mass is 10.1. The van der Waals surface area contributed by atoms with E-state index in [1.54, 1.807) is 0 Å². The second-order valence-corrected chi connectivity index (χ2v) is 8.17. The van der Waals surface area contributed by atoms with Gasteiger partial charge in [-0.15, -0.1) is 0 Å². The third-order valence-corrected chi connectivity index (χ3v) is 5.73. The molecule has 0 saturated carbocycles. The molecule has 0 aromatic rings. The summed E-state index contributed by atoms with van der Waals surface area (Å²) >= 11 is 0. The Balaban J connectivity index is 1.62. The summed E-state index contributed by atoms with van der Waals surface area (Å²) < 4.78 is 28.0. The molecular weight excluding hydrogens is 294 g/mol. The van der Waals surface area contributed by atoms with Gasteiger partial charge in [-0.1, -0.05) is 0 Å². The maximum Gasteiger partial charge on any atom is 0.315 e. The highest BCUT2D eigenvalue weighted by Gasteiger charge is 2.28. The average molecular weight is 319 g/mol. The number of nitrogens with one attached hydrogen (secondary N) is 2. The second kappa shape index (κ2) is 7.42. The SMILES string of the molecule is CC(CN1CCOCC1)NC(=O)NCC1CCS(=O)(=O)C1. The summed E-state index contributed by atoms with van der Waals surface area (Å²) in [5, 5.41) is 5.66. The van der Waals surface area contributed by atoms with Crippen molar-refractivity contribution in [1.29, 1.82) is 0 Å². The molecule has 0 aliphatic carbocycles. The molecule has 2 aliphatic rings. The van der Waals surface area contributed by atoms with Gasteiger partial charge in [0, 0.05) is 32.2 Å². The van der Waals surface area contributed by atoms with Crippen molar-refractivity contribution in [3.8, 4) is 0 Å². The quantitative estimate of drug-likeness (QED) is 0.709. The predicted molar refractivity (Wildman–Crippen MR) is 80.0 cm³/mol. The van der Waals surface area contributed by atoms with Crippen LogP contribution < -0.4 is 10.6 Å². The third-order valence-electron chi connectivity index (χ3n) is 3.89. The van der Waals surface area contributed by atoms with E-state index < -0.39 is 9.84 Å². The van der Waals surface area contributed by atoms with E-state index >= 15 is 0 Å². The molecule has 2 N–H and O–H groups in total. The van der Waals surface area contributed by atoms with E-state index in [4.69, 9.17) is 4.74 Å². The second-order valence-electron chi connectivity index (χ2n) is 5.94. The standard InChI is InChI=1S/C13H25N3O4S/c1-11(9-16-3-5-20-6-4-16)15-13(17)14-8-12-2-7-21(18,19)10-12/h11-12H,2-10H2,1H3,(H2,14,15,17). The van der Waals surface area contributed by atoms with Gasteiger partial charge in [0.25, 0.3) is 0 Å². The van der Waals surface area contributed by atoms with E-state index in [0.29, 0.717) is 13.0 Å². The summed E-state index contributed by atoms with van der Waals surface area (Å²) in [7, 11) is -2.88. The largest absolute Gasteiger partial charge is 0.379 e. The van der Waals surface area contributed by atoms with Crippen molar-refractivity contribution in [1.82, 2.24) is 15.5 Å². The molecule has 21 heavy (non-hydrogen) atoms. The molecule has 8 heteroatoms. The van der Waals surface area contributed by atoms with Crippen molar-refractivity contribution in [3.05, 3.63) is 0 Å². The van der Waals surface area contributed by atoms with E-state index in [-0.39, 0.29) is 29.5 Å². The van der Waals surface area contributed by atoms with Crippen molar-refractivity contribution in [2.24, 2.45) is 5.92 Å². The molecule has 0 spiro atoms. The smallest absolute Gasteiger partial charge is 0.315 e. The van der Waals surface area contributed by atoms with Gasteiger partial charge in [0.05, 0.1) is 24.7 Å². The summed E-state index contributed by atoms with van der Waals surface area (Å²) in [6.07, 6.45) is 0.645. The van der Waals surface area contributed by atoms with Crippen molar-refractivity contribution < 1.29 is 17.9 Å². The molecule has 0 bridgehead atoms. The van der Waals surface area contributed by atoms with Crippen LogP contribution in [0.1, 0.15) is 13.3 Å². The Kier molecular flexibility index (Phi) is 5.83. The van der Waals surface area contributed by atoms with E-state index in [1.165, 1.54) is 0 Å². The van der Waals surface area contributed by atoms with Gasteiger partial charge >= 0.3 is 6.03 Å². The number of carbonyl (C=O) groups excluding carboxylic acids is 1. The highest BCUT2D eigenvalue weighted by Crippen LogP contribution is 2.17. The number of ether oxygens (including phenoxy) is 1. The average Bonchev–Trinajstić information content (AvgIpc) is 2.77. The van der Waals surface area contributed by atoms with Crippen LogP contribution in [0.25, 0.3) is 0 Å². The molecule has 2 amide bonds. The lowest BCUT2D eigenvalue weighted by Gasteiger charge is -2.29. The zero-order valence-corrected chi connectivity index (χ0v) is 13.3. The monoisotopic (exact) mass is 319 g/mol. The first-order valence-corrected chi connectivity index (χ1v) is 9.31. The van der Waals surface area contributed by atoms with E-state index in [9.17, 15) is 13.2 Å². The van der Waals surface area contributed by atoms with Crippen LogP contribution in [0.5, 0.6) is 0 Å². The fourth-order valence-corrected chi connectivity index (χ4v) is 4.62. The fraction of sp³-hybridized carbons (Fsp3) is 0.923. The minimum atomic E-state index is -2.88. The van der Waals surface area contributed by atoms with Crippen LogP contribution in [0.4, 0.5) is 4.79 Å². The van der Waals surface area contributed by atoms with Gasteiger partial charge in [-0.3, -0.25) is 4.90 Å².